The highest BCUT2D eigenvalue weighted by molar-refractivity contribution is 8.24. The zero-order chi connectivity index (χ0) is 74.1. The van der Waals surface area contributed by atoms with Crippen LogP contribution in [-0.2, 0) is 37.2 Å². The summed E-state index contributed by atoms with van der Waals surface area (Å²) in [6, 6.07) is 37.9. The maximum absolute atomic E-state index is 15.2. The lowest BCUT2D eigenvalue weighted by atomic mass is 9.98. The van der Waals surface area contributed by atoms with Crippen molar-refractivity contribution >= 4 is 161 Å². The van der Waals surface area contributed by atoms with E-state index >= 15 is 17.6 Å². The Hall–Kier alpha value is -7.28. The topological polar surface area (TPSA) is 129 Å². The number of Topliss-reactive ketones (excluding diaryl/α,β-unsaturated/α-hetero) is 2. The third kappa shape index (κ3) is 16.6. The molecule has 13 rings (SSSR count). The normalized spacial score (nSPS) is 13.8. The Balaban J connectivity index is 1.04. The molecule has 20 heteroatoms. The molecular weight excluding hydrogens is 1520 g/mol. The number of benzene rings is 3. The van der Waals surface area contributed by atoms with E-state index in [-0.39, 0.29) is 44.5 Å². The predicted molar refractivity (Wildman–Crippen MR) is 442 cm³/mol. The highest BCUT2D eigenvalue weighted by atomic mass is 32.2. The van der Waals surface area contributed by atoms with Gasteiger partial charge >= 0.3 is 0 Å². The number of fused-ring (bicyclic) bond motifs is 8. The second-order valence-electron chi connectivity index (χ2n) is 26.6. The number of carbonyl (C=O) groups excluding carboxylic acids is 2. The smallest absolute Gasteiger partial charge is 0.194 e. The molecule has 0 aliphatic heterocycles. The van der Waals surface area contributed by atoms with Gasteiger partial charge in [-0.3, -0.25) is 9.59 Å². The first kappa shape index (κ1) is 76.9. The van der Waals surface area contributed by atoms with Crippen LogP contribution in [0, 0.1) is 68.6 Å². The summed E-state index contributed by atoms with van der Waals surface area (Å²) in [6.45, 7) is 8.90. The monoisotopic (exact) mass is 1590 g/mol. The summed E-state index contributed by atoms with van der Waals surface area (Å²) in [5, 5.41) is 41.7. The van der Waals surface area contributed by atoms with Crippen LogP contribution in [0.15, 0.2) is 136 Å². The largest absolute Gasteiger partial charge is 0.289 e. The first-order chi connectivity index (χ1) is 51.6. The molecule has 538 valence electrons. The quantitative estimate of drug-likeness (QED) is 0.0132. The van der Waals surface area contributed by atoms with Crippen molar-refractivity contribution in [2.24, 2.45) is 0 Å². The van der Waals surface area contributed by atoms with Crippen molar-refractivity contribution in [2.75, 3.05) is 0 Å². The van der Waals surface area contributed by atoms with Crippen molar-refractivity contribution < 1.29 is 27.2 Å². The van der Waals surface area contributed by atoms with Crippen LogP contribution in [0.3, 0.4) is 0 Å². The second-order valence-corrected chi connectivity index (χ2v) is 38.7. The number of ketones is 2. The molecule has 6 heterocycles. The fraction of sp³-hybridized carbons (Fsp3) is 0.302. The summed E-state index contributed by atoms with van der Waals surface area (Å²) < 4.78 is 65.1. The van der Waals surface area contributed by atoms with Crippen LogP contribution < -0.4 is 0 Å². The Morgan fingerprint density at radius 2 is 0.689 bits per heavy atom. The number of nitrogens with zero attached hydrogens (tertiary/aromatic N) is 4. The average Bonchev–Trinajstić information content (AvgIpc) is 1.55. The third-order valence-corrected chi connectivity index (χ3v) is 31.5. The number of hydrogen-bond acceptors (Lipinski definition) is 16. The van der Waals surface area contributed by atoms with E-state index in [1.54, 1.807) is 81.9 Å². The van der Waals surface area contributed by atoms with Gasteiger partial charge in [0.15, 0.2) is 34.8 Å². The molecule has 0 N–H and O–H groups in total. The average molecular weight is 1590 g/mol. The Kier molecular flexibility index (Phi) is 25.7. The van der Waals surface area contributed by atoms with Crippen molar-refractivity contribution in [1.82, 2.24) is 0 Å². The minimum Gasteiger partial charge on any atom is -0.289 e. The van der Waals surface area contributed by atoms with Gasteiger partial charge in [0.05, 0.1) is 12.7 Å². The van der Waals surface area contributed by atoms with Crippen molar-refractivity contribution in [1.29, 1.82) is 21.0 Å². The first-order valence-corrected chi connectivity index (χ1v) is 44.7. The molecule has 0 fully saturated rings. The van der Waals surface area contributed by atoms with E-state index < -0.39 is 46.0 Å². The number of rotatable bonds is 32. The lowest BCUT2D eigenvalue weighted by Crippen LogP contribution is -1.97. The van der Waals surface area contributed by atoms with Crippen molar-refractivity contribution in [2.45, 2.75) is 176 Å². The number of unbranched alkanes of at least 4 members (excludes halogenated alkanes) is 12. The lowest BCUT2D eigenvalue weighted by Gasteiger charge is -2.15. The van der Waals surface area contributed by atoms with E-state index in [0.29, 0.717) is 21.3 Å². The molecule has 0 atom stereocenters. The molecule has 4 aliphatic rings. The van der Waals surface area contributed by atoms with Crippen molar-refractivity contribution in [3.63, 3.8) is 0 Å². The van der Waals surface area contributed by atoms with E-state index in [0.717, 1.165) is 185 Å². The zero-order valence-corrected chi connectivity index (χ0v) is 67.3. The predicted octanol–water partition coefficient (Wildman–Crippen LogP) is 28.1. The summed E-state index contributed by atoms with van der Waals surface area (Å²) in [5.41, 5.74) is 6.41. The number of hydrogen-bond donors (Lipinski definition) is 0. The van der Waals surface area contributed by atoms with E-state index in [2.05, 4.69) is 100 Å². The van der Waals surface area contributed by atoms with Gasteiger partial charge < -0.3 is 0 Å². The van der Waals surface area contributed by atoms with Crippen LogP contribution in [0.5, 0.6) is 0 Å². The number of aryl methyl sites for hydroxylation is 4. The standard InChI is InChI=1S/C86H74F4N4O2S10/c1-5-9-13-17-21-51-25-27-55(99-51)47-97-85(98-48-56-28-26-52(100-56)22-18-14-10-6-2)79-59-37-66-60(38-65(59)83-69(79)35-57(103-83)33-67-77(49(43-91)44-92)61-39-71(87)73(89)41-63(61)81(67)95)80(70-36-58(104-84(66)70)34-68-78(50(45-93)46-94)62-40-72(88)74(90)42-64(62)82(68)96)86(105-75-31-29-53(101-75)23-19-15-11-7-3)106-76-32-30-54(102-76)24-20-16-12-8-4/h25-42H,5-24,47-48H2,1-4H3/b67-33-,68-34-. The Bertz CT molecular complexity index is 5170. The molecular formula is C86H74F4N4O2S10. The molecule has 0 spiro atoms. The zero-order valence-electron chi connectivity index (χ0n) is 59.1. The van der Waals surface area contributed by atoms with E-state index in [1.165, 1.54) is 90.5 Å². The Morgan fingerprint density at radius 3 is 1.06 bits per heavy atom. The van der Waals surface area contributed by atoms with Gasteiger partial charge in [0, 0.05) is 131 Å². The van der Waals surface area contributed by atoms with Gasteiger partial charge in [-0.15, -0.1) is 91.5 Å². The minimum atomic E-state index is -1.22. The number of thiophene rings is 6. The van der Waals surface area contributed by atoms with Gasteiger partial charge in [-0.2, -0.15) is 21.0 Å². The van der Waals surface area contributed by atoms with Crippen LogP contribution in [0.4, 0.5) is 17.6 Å². The number of halogens is 4. The summed E-state index contributed by atoms with van der Waals surface area (Å²) in [7, 11) is 0. The fourth-order valence-corrected chi connectivity index (χ4v) is 26.2. The molecule has 0 radical (unpaired) electrons. The van der Waals surface area contributed by atoms with Gasteiger partial charge in [0.1, 0.15) is 35.4 Å². The fourth-order valence-electron chi connectivity index (χ4n) is 13.9. The van der Waals surface area contributed by atoms with Crippen LogP contribution in [-0.4, -0.2) is 11.6 Å². The van der Waals surface area contributed by atoms with Gasteiger partial charge in [0.25, 0.3) is 0 Å². The number of carbonyl (C=O) groups is 2. The molecule has 106 heavy (non-hydrogen) atoms. The maximum atomic E-state index is 15.2. The van der Waals surface area contributed by atoms with E-state index in [1.807, 2.05) is 47.0 Å². The summed E-state index contributed by atoms with van der Waals surface area (Å²) in [5.74, 6) is -4.73. The van der Waals surface area contributed by atoms with Gasteiger partial charge in [0.2, 0.25) is 0 Å². The first-order valence-electron chi connectivity index (χ1n) is 36.2. The molecule has 0 amide bonds. The van der Waals surface area contributed by atoms with Crippen molar-refractivity contribution in [3.8, 4) is 45.2 Å². The van der Waals surface area contributed by atoms with Crippen LogP contribution in [0.25, 0.3) is 55.3 Å². The second kappa shape index (κ2) is 35.4. The summed E-state index contributed by atoms with van der Waals surface area (Å²) in [6.07, 6.45) is 25.8. The molecule has 0 saturated heterocycles. The van der Waals surface area contributed by atoms with Crippen LogP contribution in [0.1, 0.15) is 224 Å². The molecule has 0 bridgehead atoms. The third-order valence-electron chi connectivity index (χ3n) is 19.2. The molecule has 6 aromatic heterocycles. The van der Waals surface area contributed by atoms with Gasteiger partial charge in [-0.05, 0) is 183 Å². The summed E-state index contributed by atoms with van der Waals surface area (Å²) >= 11 is 17.3. The maximum Gasteiger partial charge on any atom is 0.194 e. The summed E-state index contributed by atoms with van der Waals surface area (Å²) in [4.78, 5) is 40.3. The SMILES string of the molecule is CCCCCCc1ccc(CSC(SCc2ccc(CCCCCC)s2)=C2c3cc4c(cc3-c3sc(/C=C5\C(=O)c6cc(F)c(F)cc6C5=C(C#N)C#N)cc32)C(=C(Sc2ccc(CCCCCC)s2)Sc2ccc(CCCCCC)s2)c2cc(/C=C3\C(=O)c5cc(F)c(F)cc5C3=C(C#N)C#N)sc2-4)s1. The molecule has 0 saturated carbocycles. The highest BCUT2D eigenvalue weighted by Crippen LogP contribution is 2.62. The molecule has 6 nitrogen and oxygen atoms in total. The van der Waals surface area contributed by atoms with Gasteiger partial charge in [-0.1, -0.05) is 128 Å². The molecule has 3 aromatic carbocycles. The lowest BCUT2D eigenvalue weighted by molar-refractivity contribution is 0.103. The van der Waals surface area contributed by atoms with Crippen LogP contribution in [0.2, 0.25) is 0 Å². The van der Waals surface area contributed by atoms with Gasteiger partial charge in [-0.25, -0.2) is 17.6 Å². The Morgan fingerprint density at radius 1 is 0.358 bits per heavy atom. The number of thioether (sulfide) groups is 4. The van der Waals surface area contributed by atoms with Crippen molar-refractivity contribution in [3.05, 3.63) is 235 Å². The molecule has 9 aromatic rings. The highest BCUT2D eigenvalue weighted by Gasteiger charge is 2.40. The number of nitriles is 4. The molecule has 4 aliphatic carbocycles. The Labute approximate surface area is 659 Å². The molecule has 0 unspecified atom stereocenters. The van der Waals surface area contributed by atoms with E-state index in [9.17, 15) is 30.6 Å². The van der Waals surface area contributed by atoms with Crippen LogP contribution >= 0.6 is 115 Å². The van der Waals surface area contributed by atoms with E-state index in [4.69, 9.17) is 0 Å². The minimum absolute atomic E-state index is 0.0100. The number of allylic oxidation sites excluding steroid dienone is 6.